The van der Waals surface area contributed by atoms with Crippen LogP contribution >= 0.6 is 0 Å². The molecule has 0 aliphatic heterocycles. The van der Waals surface area contributed by atoms with Gasteiger partial charge in [-0.1, -0.05) is 42.0 Å². The highest BCUT2D eigenvalue weighted by molar-refractivity contribution is 5.96. The van der Waals surface area contributed by atoms with Crippen molar-refractivity contribution in [3.8, 4) is 16.9 Å². The van der Waals surface area contributed by atoms with Gasteiger partial charge < -0.3 is 10.1 Å². The maximum Gasteiger partial charge on any atom is 0.246 e. The van der Waals surface area contributed by atoms with Gasteiger partial charge in [0.25, 0.3) is 0 Å². The molecule has 35 heavy (non-hydrogen) atoms. The van der Waals surface area contributed by atoms with Crippen LogP contribution < -0.4 is 10.1 Å². The van der Waals surface area contributed by atoms with E-state index >= 15 is 0 Å². The lowest BCUT2D eigenvalue weighted by Crippen LogP contribution is -2.19. The molecule has 8 nitrogen and oxygen atoms in total. The van der Waals surface area contributed by atoms with Gasteiger partial charge in [0, 0.05) is 17.8 Å². The van der Waals surface area contributed by atoms with Gasteiger partial charge in [-0.05, 0) is 48.7 Å². The summed E-state index contributed by atoms with van der Waals surface area (Å²) in [5.41, 5.74) is 6.55. The van der Waals surface area contributed by atoms with Gasteiger partial charge >= 0.3 is 0 Å². The fourth-order valence-electron chi connectivity index (χ4n) is 4.25. The molecule has 0 aliphatic rings. The first-order valence-electron chi connectivity index (χ1n) is 11.3. The van der Waals surface area contributed by atoms with Crippen LogP contribution in [0.5, 0.6) is 5.75 Å². The van der Waals surface area contributed by atoms with E-state index in [0.717, 1.165) is 33.5 Å². The third-order valence-electron chi connectivity index (χ3n) is 5.83. The number of hydrogen-bond donors (Lipinski definition) is 1. The largest absolute Gasteiger partial charge is 0.497 e. The molecule has 5 aromatic rings. The molecular formula is C27H26N6O2. The van der Waals surface area contributed by atoms with Crippen molar-refractivity contribution in [2.45, 2.75) is 26.9 Å². The molecule has 0 atom stereocenters. The SMILES string of the molecule is COc1cccc(Cn2cc(NC(=O)Cn3nc(C)c4c(-c5cccc(C)c5)ccnc43)cn2)c1. The lowest BCUT2D eigenvalue weighted by molar-refractivity contribution is -0.116. The number of aryl methyl sites for hydroxylation is 2. The minimum Gasteiger partial charge on any atom is -0.497 e. The van der Waals surface area contributed by atoms with E-state index in [9.17, 15) is 4.79 Å². The summed E-state index contributed by atoms with van der Waals surface area (Å²) in [6.07, 6.45) is 5.20. The number of nitrogens with one attached hydrogen (secondary N) is 1. The summed E-state index contributed by atoms with van der Waals surface area (Å²) in [4.78, 5) is 17.4. The van der Waals surface area contributed by atoms with Crippen molar-refractivity contribution in [3.63, 3.8) is 0 Å². The topological polar surface area (TPSA) is 86.9 Å². The number of pyridine rings is 1. The molecule has 0 radical (unpaired) electrons. The number of fused-ring (bicyclic) bond motifs is 1. The van der Waals surface area contributed by atoms with Gasteiger partial charge in [0.2, 0.25) is 5.91 Å². The monoisotopic (exact) mass is 466 g/mol. The van der Waals surface area contributed by atoms with Gasteiger partial charge in [-0.2, -0.15) is 10.2 Å². The van der Waals surface area contributed by atoms with E-state index in [1.165, 1.54) is 5.56 Å². The fraction of sp³-hybridized carbons (Fsp3) is 0.185. The third kappa shape index (κ3) is 4.77. The fourth-order valence-corrected chi connectivity index (χ4v) is 4.25. The Balaban J connectivity index is 1.32. The molecule has 3 aromatic heterocycles. The minimum atomic E-state index is -0.196. The molecular weight excluding hydrogens is 440 g/mol. The molecule has 0 spiro atoms. The van der Waals surface area contributed by atoms with E-state index in [-0.39, 0.29) is 12.5 Å². The van der Waals surface area contributed by atoms with Crippen LogP contribution in [0.15, 0.2) is 73.2 Å². The van der Waals surface area contributed by atoms with E-state index in [1.807, 2.05) is 43.3 Å². The van der Waals surface area contributed by atoms with Crippen molar-refractivity contribution in [1.29, 1.82) is 0 Å². The second-order valence-electron chi connectivity index (χ2n) is 8.50. The first-order valence-corrected chi connectivity index (χ1v) is 11.3. The Hall–Kier alpha value is -4.46. The number of carbonyl (C=O) groups excluding carboxylic acids is 1. The maximum absolute atomic E-state index is 12.8. The zero-order valence-corrected chi connectivity index (χ0v) is 19.9. The molecule has 0 saturated heterocycles. The van der Waals surface area contributed by atoms with Crippen LogP contribution in [0.3, 0.4) is 0 Å². The highest BCUT2D eigenvalue weighted by atomic mass is 16.5. The number of anilines is 1. The van der Waals surface area contributed by atoms with E-state index in [0.29, 0.717) is 17.9 Å². The van der Waals surface area contributed by atoms with Gasteiger partial charge in [-0.15, -0.1) is 0 Å². The summed E-state index contributed by atoms with van der Waals surface area (Å²) in [5.74, 6) is 0.599. The summed E-state index contributed by atoms with van der Waals surface area (Å²) >= 11 is 0. The molecule has 0 aliphatic carbocycles. The zero-order chi connectivity index (χ0) is 24.4. The number of hydrogen-bond acceptors (Lipinski definition) is 5. The molecule has 0 fully saturated rings. The highest BCUT2D eigenvalue weighted by Crippen LogP contribution is 2.30. The number of nitrogens with zero attached hydrogens (tertiary/aromatic N) is 5. The van der Waals surface area contributed by atoms with Crippen molar-refractivity contribution < 1.29 is 9.53 Å². The molecule has 2 aromatic carbocycles. The van der Waals surface area contributed by atoms with Crippen LogP contribution in [0.1, 0.15) is 16.8 Å². The quantitative estimate of drug-likeness (QED) is 0.379. The number of rotatable bonds is 7. The average molecular weight is 467 g/mol. The molecule has 0 saturated carbocycles. The predicted molar refractivity (Wildman–Crippen MR) is 135 cm³/mol. The summed E-state index contributed by atoms with van der Waals surface area (Å²) in [7, 11) is 1.64. The number of ether oxygens (including phenoxy) is 1. The van der Waals surface area contributed by atoms with Crippen LogP contribution in [0.4, 0.5) is 5.69 Å². The van der Waals surface area contributed by atoms with Crippen LogP contribution in [0.2, 0.25) is 0 Å². The molecule has 5 rings (SSSR count). The second-order valence-corrected chi connectivity index (χ2v) is 8.50. The Morgan fingerprint density at radius 3 is 2.77 bits per heavy atom. The van der Waals surface area contributed by atoms with E-state index in [4.69, 9.17) is 4.74 Å². The van der Waals surface area contributed by atoms with Gasteiger partial charge in [-0.3, -0.25) is 9.48 Å². The maximum atomic E-state index is 12.8. The molecule has 176 valence electrons. The third-order valence-corrected chi connectivity index (χ3v) is 5.83. The van der Waals surface area contributed by atoms with Gasteiger partial charge in [0.1, 0.15) is 12.3 Å². The van der Waals surface area contributed by atoms with Crippen molar-refractivity contribution in [2.24, 2.45) is 0 Å². The molecule has 3 heterocycles. The van der Waals surface area contributed by atoms with E-state index < -0.39 is 0 Å². The summed E-state index contributed by atoms with van der Waals surface area (Å²) in [6, 6.07) is 18.1. The van der Waals surface area contributed by atoms with Crippen molar-refractivity contribution >= 4 is 22.6 Å². The highest BCUT2D eigenvalue weighted by Gasteiger charge is 2.16. The van der Waals surface area contributed by atoms with E-state index in [2.05, 4.69) is 45.6 Å². The number of methoxy groups -OCH3 is 1. The molecule has 1 N–H and O–H groups in total. The summed E-state index contributed by atoms with van der Waals surface area (Å²) < 4.78 is 8.70. The standard InChI is InChI=1S/C27H26N6O2/c1-18-6-4-8-21(12-18)24-10-11-28-27-26(24)19(2)31-33(27)17-25(34)30-22-14-29-32(16-22)15-20-7-5-9-23(13-20)35-3/h4-14,16H,15,17H2,1-3H3,(H,30,34). The van der Waals surface area contributed by atoms with Crippen molar-refractivity contribution in [2.75, 3.05) is 12.4 Å². The second kappa shape index (κ2) is 9.42. The lowest BCUT2D eigenvalue weighted by Gasteiger charge is -2.07. The average Bonchev–Trinajstić information content (AvgIpc) is 3.42. The molecule has 8 heteroatoms. The first kappa shape index (κ1) is 22.3. The Morgan fingerprint density at radius 1 is 1.09 bits per heavy atom. The Labute approximate surface area is 203 Å². The van der Waals surface area contributed by atoms with Crippen LogP contribution in [-0.4, -0.2) is 37.6 Å². The summed E-state index contributed by atoms with van der Waals surface area (Å²) in [5, 5.41) is 12.8. The van der Waals surface area contributed by atoms with Crippen LogP contribution in [-0.2, 0) is 17.9 Å². The number of carbonyl (C=O) groups is 1. The van der Waals surface area contributed by atoms with Gasteiger partial charge in [0.15, 0.2) is 5.65 Å². The van der Waals surface area contributed by atoms with E-state index in [1.54, 1.807) is 35.1 Å². The molecule has 1 amide bonds. The number of amides is 1. The Morgan fingerprint density at radius 2 is 1.94 bits per heavy atom. The van der Waals surface area contributed by atoms with Crippen LogP contribution in [0, 0.1) is 13.8 Å². The minimum absolute atomic E-state index is 0.0513. The molecule has 0 bridgehead atoms. The Bertz CT molecular complexity index is 1520. The lowest BCUT2D eigenvalue weighted by atomic mass is 10.0. The smallest absolute Gasteiger partial charge is 0.246 e. The van der Waals surface area contributed by atoms with Gasteiger partial charge in [-0.25, -0.2) is 9.67 Å². The van der Waals surface area contributed by atoms with Crippen molar-refractivity contribution in [1.82, 2.24) is 24.5 Å². The normalized spacial score (nSPS) is 11.1. The van der Waals surface area contributed by atoms with Crippen LogP contribution in [0.25, 0.3) is 22.2 Å². The molecule has 0 unspecified atom stereocenters. The summed E-state index contributed by atoms with van der Waals surface area (Å²) in [6.45, 7) is 4.64. The Kier molecular flexibility index (Phi) is 6.01. The predicted octanol–water partition coefficient (Wildman–Crippen LogP) is 4.61. The van der Waals surface area contributed by atoms with Crippen molar-refractivity contribution in [3.05, 3.63) is 90.0 Å². The zero-order valence-electron chi connectivity index (χ0n) is 19.9. The first-order chi connectivity index (χ1) is 17.0. The number of aromatic nitrogens is 5. The number of benzene rings is 2. The van der Waals surface area contributed by atoms with Gasteiger partial charge in [0.05, 0.1) is 31.2 Å².